The van der Waals surface area contributed by atoms with E-state index in [9.17, 15) is 5.11 Å². The fraction of sp³-hybridized carbons (Fsp3) is 0.600. The van der Waals surface area contributed by atoms with E-state index in [1.54, 1.807) is 6.07 Å². The van der Waals surface area contributed by atoms with Gasteiger partial charge in [0.1, 0.15) is 5.75 Å². The van der Waals surface area contributed by atoms with Crippen LogP contribution in [0.4, 0.5) is 0 Å². The molecule has 1 fully saturated rings. The van der Waals surface area contributed by atoms with E-state index in [4.69, 9.17) is 11.6 Å². The molecule has 1 aliphatic rings. The zero-order chi connectivity index (χ0) is 13.8. The van der Waals surface area contributed by atoms with Crippen LogP contribution in [0.25, 0.3) is 0 Å². The lowest BCUT2D eigenvalue weighted by atomic mass is 10.1. The monoisotopic (exact) mass is 282 g/mol. The Morgan fingerprint density at radius 3 is 2.95 bits per heavy atom. The summed E-state index contributed by atoms with van der Waals surface area (Å²) in [5.74, 6) is 0.913. The molecule has 0 spiro atoms. The molecule has 0 radical (unpaired) electrons. The molecule has 1 unspecified atom stereocenters. The molecular weight excluding hydrogens is 260 g/mol. The SMILES string of the molecule is CC(C)N1CCC(CNCc2cccc(Cl)c2O)C1. The van der Waals surface area contributed by atoms with Gasteiger partial charge in [-0.2, -0.15) is 0 Å². The fourth-order valence-electron chi connectivity index (χ4n) is 2.61. The predicted molar refractivity (Wildman–Crippen MR) is 79.6 cm³/mol. The van der Waals surface area contributed by atoms with E-state index in [-0.39, 0.29) is 5.75 Å². The first-order valence-corrected chi connectivity index (χ1v) is 7.37. The third-order valence-electron chi connectivity index (χ3n) is 3.87. The normalized spacial score (nSPS) is 20.3. The molecule has 1 heterocycles. The standard InChI is InChI=1S/C15H23ClN2O/c1-11(2)18-7-6-12(10-18)8-17-9-13-4-3-5-14(16)15(13)19/h3-5,11-12,17,19H,6-10H2,1-2H3. The third kappa shape index (κ3) is 3.85. The maximum absolute atomic E-state index is 9.82. The van der Waals surface area contributed by atoms with Gasteiger partial charge in [0.25, 0.3) is 0 Å². The van der Waals surface area contributed by atoms with Gasteiger partial charge in [-0.1, -0.05) is 23.7 Å². The van der Waals surface area contributed by atoms with Crippen molar-refractivity contribution in [1.29, 1.82) is 0 Å². The van der Waals surface area contributed by atoms with Crippen molar-refractivity contribution in [2.45, 2.75) is 32.9 Å². The molecule has 1 aromatic rings. The second-order valence-electron chi connectivity index (χ2n) is 5.62. The molecule has 1 saturated heterocycles. The smallest absolute Gasteiger partial charge is 0.138 e. The van der Waals surface area contributed by atoms with E-state index in [1.807, 2.05) is 12.1 Å². The summed E-state index contributed by atoms with van der Waals surface area (Å²) < 4.78 is 0. The number of para-hydroxylation sites is 1. The summed E-state index contributed by atoms with van der Waals surface area (Å²) in [6.07, 6.45) is 1.26. The first-order valence-electron chi connectivity index (χ1n) is 6.99. The third-order valence-corrected chi connectivity index (χ3v) is 4.17. The zero-order valence-corrected chi connectivity index (χ0v) is 12.5. The average molecular weight is 283 g/mol. The molecule has 0 aliphatic carbocycles. The number of aromatic hydroxyl groups is 1. The van der Waals surface area contributed by atoms with E-state index >= 15 is 0 Å². The largest absolute Gasteiger partial charge is 0.506 e. The highest BCUT2D eigenvalue weighted by molar-refractivity contribution is 6.32. The summed E-state index contributed by atoms with van der Waals surface area (Å²) in [5.41, 5.74) is 0.867. The summed E-state index contributed by atoms with van der Waals surface area (Å²) in [7, 11) is 0. The van der Waals surface area contributed by atoms with Crippen LogP contribution in [0, 0.1) is 5.92 Å². The first kappa shape index (κ1) is 14.6. The maximum Gasteiger partial charge on any atom is 0.138 e. The molecule has 106 valence electrons. The van der Waals surface area contributed by atoms with E-state index in [1.165, 1.54) is 19.5 Å². The van der Waals surface area contributed by atoms with Crippen molar-refractivity contribution in [1.82, 2.24) is 10.2 Å². The molecule has 0 bridgehead atoms. The number of hydrogen-bond acceptors (Lipinski definition) is 3. The van der Waals surface area contributed by atoms with E-state index in [0.717, 1.165) is 12.1 Å². The topological polar surface area (TPSA) is 35.5 Å². The second-order valence-corrected chi connectivity index (χ2v) is 6.03. The molecule has 0 aromatic heterocycles. The highest BCUT2D eigenvalue weighted by Crippen LogP contribution is 2.26. The predicted octanol–water partition coefficient (Wildman–Crippen LogP) is 2.87. The van der Waals surface area contributed by atoms with E-state index in [0.29, 0.717) is 23.5 Å². The van der Waals surface area contributed by atoms with Gasteiger partial charge in [-0.15, -0.1) is 0 Å². The van der Waals surface area contributed by atoms with Crippen molar-refractivity contribution >= 4 is 11.6 Å². The van der Waals surface area contributed by atoms with Gasteiger partial charge in [-0.3, -0.25) is 0 Å². The Morgan fingerprint density at radius 1 is 1.47 bits per heavy atom. The molecule has 0 saturated carbocycles. The van der Waals surface area contributed by atoms with Crippen LogP contribution in [0.15, 0.2) is 18.2 Å². The summed E-state index contributed by atoms with van der Waals surface area (Å²) in [4.78, 5) is 2.52. The Hall–Kier alpha value is -0.770. The van der Waals surface area contributed by atoms with Gasteiger partial charge in [-0.05, 0) is 45.3 Å². The number of phenolic OH excluding ortho intramolecular Hbond substituents is 1. The lowest BCUT2D eigenvalue weighted by Gasteiger charge is -2.20. The highest BCUT2D eigenvalue weighted by atomic mass is 35.5. The van der Waals surface area contributed by atoms with Crippen LogP contribution in [0.2, 0.25) is 5.02 Å². The lowest BCUT2D eigenvalue weighted by molar-refractivity contribution is 0.264. The second kappa shape index (κ2) is 6.60. The minimum atomic E-state index is 0.201. The quantitative estimate of drug-likeness (QED) is 0.872. The van der Waals surface area contributed by atoms with Crippen molar-refractivity contribution in [2.75, 3.05) is 19.6 Å². The lowest BCUT2D eigenvalue weighted by Crippen LogP contribution is -2.30. The molecule has 1 aliphatic heterocycles. The Kier molecular flexibility index (Phi) is 5.08. The van der Waals surface area contributed by atoms with Crippen molar-refractivity contribution < 1.29 is 5.11 Å². The number of nitrogens with zero attached hydrogens (tertiary/aromatic N) is 1. The zero-order valence-electron chi connectivity index (χ0n) is 11.7. The summed E-state index contributed by atoms with van der Waals surface area (Å²) in [5, 5.41) is 13.7. The number of benzene rings is 1. The average Bonchev–Trinajstić information content (AvgIpc) is 2.83. The number of nitrogens with one attached hydrogen (secondary N) is 1. The van der Waals surface area contributed by atoms with Crippen molar-refractivity contribution in [3.8, 4) is 5.75 Å². The highest BCUT2D eigenvalue weighted by Gasteiger charge is 2.23. The van der Waals surface area contributed by atoms with E-state index < -0.39 is 0 Å². The van der Waals surface area contributed by atoms with Crippen molar-refractivity contribution in [3.63, 3.8) is 0 Å². The van der Waals surface area contributed by atoms with Crippen LogP contribution in [-0.4, -0.2) is 35.7 Å². The Balaban J connectivity index is 1.77. The molecule has 1 atom stereocenters. The van der Waals surface area contributed by atoms with Crippen molar-refractivity contribution in [3.05, 3.63) is 28.8 Å². The molecule has 0 amide bonds. The minimum absolute atomic E-state index is 0.201. The number of halogens is 1. The van der Waals surface area contributed by atoms with Crippen LogP contribution in [0.5, 0.6) is 5.75 Å². The molecule has 4 heteroatoms. The Bertz CT molecular complexity index is 423. The minimum Gasteiger partial charge on any atom is -0.506 e. The number of likely N-dealkylation sites (tertiary alicyclic amines) is 1. The van der Waals surface area contributed by atoms with Gasteiger partial charge in [0, 0.05) is 24.7 Å². The van der Waals surface area contributed by atoms with Gasteiger partial charge in [0.15, 0.2) is 0 Å². The van der Waals surface area contributed by atoms with Crippen LogP contribution >= 0.6 is 11.6 Å². The van der Waals surface area contributed by atoms with Gasteiger partial charge in [0.2, 0.25) is 0 Å². The van der Waals surface area contributed by atoms with Crippen LogP contribution in [-0.2, 0) is 6.54 Å². The number of rotatable bonds is 5. The first-order chi connectivity index (χ1) is 9.08. The van der Waals surface area contributed by atoms with E-state index in [2.05, 4.69) is 24.1 Å². The maximum atomic E-state index is 9.82. The molecular formula is C15H23ClN2O. The summed E-state index contributed by atoms with van der Waals surface area (Å²) in [6.45, 7) is 8.54. The fourth-order valence-corrected chi connectivity index (χ4v) is 2.81. The van der Waals surface area contributed by atoms with Gasteiger partial charge < -0.3 is 15.3 Å². The summed E-state index contributed by atoms with van der Waals surface area (Å²) in [6, 6.07) is 6.12. The number of hydrogen-bond donors (Lipinski definition) is 2. The molecule has 19 heavy (non-hydrogen) atoms. The van der Waals surface area contributed by atoms with Crippen molar-refractivity contribution in [2.24, 2.45) is 5.92 Å². The molecule has 3 nitrogen and oxygen atoms in total. The molecule has 1 aromatic carbocycles. The summed E-state index contributed by atoms with van der Waals surface area (Å²) >= 11 is 5.89. The van der Waals surface area contributed by atoms with Crippen LogP contribution < -0.4 is 5.32 Å². The van der Waals surface area contributed by atoms with Gasteiger partial charge in [0.05, 0.1) is 5.02 Å². The van der Waals surface area contributed by atoms with Gasteiger partial charge >= 0.3 is 0 Å². The van der Waals surface area contributed by atoms with Crippen LogP contribution in [0.3, 0.4) is 0 Å². The molecule has 2 rings (SSSR count). The van der Waals surface area contributed by atoms with Gasteiger partial charge in [-0.25, -0.2) is 0 Å². The Labute approximate surface area is 120 Å². The Morgan fingerprint density at radius 2 is 2.26 bits per heavy atom. The van der Waals surface area contributed by atoms with Crippen LogP contribution in [0.1, 0.15) is 25.8 Å². The number of phenols is 1. The molecule has 2 N–H and O–H groups in total.